The van der Waals surface area contributed by atoms with Gasteiger partial charge in [0.05, 0.1) is 6.54 Å². The molecule has 2 aromatic rings. The van der Waals surface area contributed by atoms with Crippen LogP contribution in [0.4, 0.5) is 14.5 Å². The second-order valence-corrected chi connectivity index (χ2v) is 7.28. The van der Waals surface area contributed by atoms with Crippen molar-refractivity contribution < 1.29 is 18.4 Å². The maximum absolute atomic E-state index is 13.2. The van der Waals surface area contributed by atoms with Crippen molar-refractivity contribution in [3.05, 3.63) is 65.7 Å². The lowest BCUT2D eigenvalue weighted by molar-refractivity contribution is -0.122. The maximum Gasteiger partial charge on any atom is 0.238 e. The Hall–Kier alpha value is -2.80. The van der Waals surface area contributed by atoms with Gasteiger partial charge in [-0.2, -0.15) is 0 Å². The van der Waals surface area contributed by atoms with Crippen LogP contribution in [-0.4, -0.2) is 42.4 Å². The summed E-state index contributed by atoms with van der Waals surface area (Å²) in [5.74, 6) is -2.17. The van der Waals surface area contributed by atoms with Gasteiger partial charge in [-0.1, -0.05) is 30.3 Å². The molecule has 29 heavy (non-hydrogen) atoms. The molecule has 1 heterocycles. The molecule has 0 aromatic heterocycles. The number of carbonyl (C=O) groups excluding carboxylic acids is 2. The van der Waals surface area contributed by atoms with E-state index in [2.05, 4.69) is 10.6 Å². The van der Waals surface area contributed by atoms with Crippen LogP contribution in [0, 0.1) is 11.6 Å². The molecule has 0 unspecified atom stereocenters. The minimum Gasteiger partial charge on any atom is -0.353 e. The lowest BCUT2D eigenvalue weighted by atomic mass is 10.0. The SMILES string of the molecule is O=C(CN1CCC(NC(=O)CCc2ccccc2)CC1)Nc1ccc(F)c(F)c1. The largest absolute Gasteiger partial charge is 0.353 e. The summed E-state index contributed by atoms with van der Waals surface area (Å²) in [5.41, 5.74) is 1.37. The van der Waals surface area contributed by atoms with Gasteiger partial charge in [0.2, 0.25) is 11.8 Å². The van der Waals surface area contributed by atoms with Crippen LogP contribution in [0.15, 0.2) is 48.5 Å². The van der Waals surface area contributed by atoms with E-state index in [4.69, 9.17) is 0 Å². The summed E-state index contributed by atoms with van der Waals surface area (Å²) in [5, 5.41) is 5.65. The van der Waals surface area contributed by atoms with Gasteiger partial charge >= 0.3 is 0 Å². The maximum atomic E-state index is 13.2. The van der Waals surface area contributed by atoms with Gasteiger partial charge in [-0.3, -0.25) is 14.5 Å². The molecule has 7 heteroatoms. The molecule has 3 rings (SSSR count). The topological polar surface area (TPSA) is 61.4 Å². The lowest BCUT2D eigenvalue weighted by Gasteiger charge is -2.31. The summed E-state index contributed by atoms with van der Waals surface area (Å²) < 4.78 is 26.2. The van der Waals surface area contributed by atoms with Crippen LogP contribution in [0.5, 0.6) is 0 Å². The molecule has 1 aliphatic rings. The Bertz CT molecular complexity index is 837. The number of aryl methyl sites for hydroxylation is 1. The molecule has 2 N–H and O–H groups in total. The normalized spacial score (nSPS) is 15.1. The van der Waals surface area contributed by atoms with Gasteiger partial charge in [-0.25, -0.2) is 8.78 Å². The number of benzene rings is 2. The number of hydrogen-bond donors (Lipinski definition) is 2. The highest BCUT2D eigenvalue weighted by molar-refractivity contribution is 5.92. The van der Waals surface area contributed by atoms with Crippen molar-refractivity contribution in [2.24, 2.45) is 0 Å². The average molecular weight is 401 g/mol. The zero-order valence-corrected chi connectivity index (χ0v) is 16.2. The third-order valence-corrected chi connectivity index (χ3v) is 5.01. The van der Waals surface area contributed by atoms with Crippen molar-refractivity contribution >= 4 is 17.5 Å². The molecule has 1 aliphatic heterocycles. The van der Waals surface area contributed by atoms with E-state index >= 15 is 0 Å². The predicted molar refractivity (Wildman–Crippen MR) is 107 cm³/mol. The van der Waals surface area contributed by atoms with E-state index in [1.165, 1.54) is 6.07 Å². The summed E-state index contributed by atoms with van der Waals surface area (Å²) >= 11 is 0. The quantitative estimate of drug-likeness (QED) is 0.750. The van der Waals surface area contributed by atoms with Gasteiger partial charge in [0.25, 0.3) is 0 Å². The first-order valence-electron chi connectivity index (χ1n) is 9.80. The van der Waals surface area contributed by atoms with Gasteiger partial charge in [0, 0.05) is 37.3 Å². The first-order chi connectivity index (χ1) is 14.0. The Balaban J connectivity index is 1.35. The molecule has 0 radical (unpaired) electrons. The number of nitrogens with one attached hydrogen (secondary N) is 2. The van der Waals surface area contributed by atoms with Crippen LogP contribution in [0.3, 0.4) is 0 Å². The number of halogens is 2. The van der Waals surface area contributed by atoms with Crippen molar-refractivity contribution in [1.29, 1.82) is 0 Å². The molecule has 0 atom stereocenters. The molecule has 0 spiro atoms. The lowest BCUT2D eigenvalue weighted by Crippen LogP contribution is -2.46. The smallest absolute Gasteiger partial charge is 0.238 e. The van der Waals surface area contributed by atoms with E-state index in [0.717, 1.165) is 37.0 Å². The van der Waals surface area contributed by atoms with Gasteiger partial charge in [0.1, 0.15) is 0 Å². The molecule has 154 valence electrons. The Kier molecular flexibility index (Phi) is 7.30. The fraction of sp³-hybridized carbons (Fsp3) is 0.364. The minimum absolute atomic E-state index is 0.0448. The molecule has 5 nitrogen and oxygen atoms in total. The van der Waals surface area contributed by atoms with E-state index in [-0.39, 0.29) is 30.1 Å². The summed E-state index contributed by atoms with van der Waals surface area (Å²) in [6, 6.07) is 13.3. The summed E-state index contributed by atoms with van der Waals surface area (Å²) in [7, 11) is 0. The monoisotopic (exact) mass is 401 g/mol. The van der Waals surface area contributed by atoms with Gasteiger partial charge in [-0.05, 0) is 37.0 Å². The second kappa shape index (κ2) is 10.1. The molecule has 2 amide bonds. The number of piperidine rings is 1. The first-order valence-corrected chi connectivity index (χ1v) is 9.80. The zero-order valence-electron chi connectivity index (χ0n) is 16.2. The van der Waals surface area contributed by atoms with Crippen LogP contribution < -0.4 is 10.6 Å². The molecule has 0 saturated carbocycles. The van der Waals surface area contributed by atoms with Crippen molar-refractivity contribution in [2.75, 3.05) is 25.0 Å². The average Bonchev–Trinajstić information content (AvgIpc) is 2.71. The molecule has 1 fully saturated rings. The zero-order chi connectivity index (χ0) is 20.6. The Morgan fingerprint density at radius 3 is 2.38 bits per heavy atom. The van der Waals surface area contributed by atoms with Crippen LogP contribution in [0.1, 0.15) is 24.8 Å². The fourth-order valence-corrected chi connectivity index (χ4v) is 3.42. The van der Waals surface area contributed by atoms with Crippen molar-refractivity contribution in [2.45, 2.75) is 31.7 Å². The highest BCUT2D eigenvalue weighted by atomic mass is 19.2. The summed E-state index contributed by atoms with van der Waals surface area (Å²) in [6.45, 7) is 1.55. The van der Waals surface area contributed by atoms with E-state index in [1.54, 1.807) is 0 Å². The number of carbonyl (C=O) groups is 2. The molecule has 0 aliphatic carbocycles. The number of nitrogens with zero attached hydrogens (tertiary/aromatic N) is 1. The Labute approximate surface area is 169 Å². The van der Waals surface area contributed by atoms with Crippen molar-refractivity contribution in [1.82, 2.24) is 10.2 Å². The highest BCUT2D eigenvalue weighted by Crippen LogP contribution is 2.14. The van der Waals surface area contributed by atoms with Crippen LogP contribution in [-0.2, 0) is 16.0 Å². The van der Waals surface area contributed by atoms with Crippen LogP contribution in [0.25, 0.3) is 0 Å². The van der Waals surface area contributed by atoms with Crippen LogP contribution in [0.2, 0.25) is 0 Å². The number of amides is 2. The molecule has 2 aromatic carbocycles. The van der Waals surface area contributed by atoms with E-state index in [1.807, 2.05) is 35.2 Å². The van der Waals surface area contributed by atoms with Crippen molar-refractivity contribution in [3.63, 3.8) is 0 Å². The van der Waals surface area contributed by atoms with Crippen molar-refractivity contribution in [3.8, 4) is 0 Å². The Morgan fingerprint density at radius 2 is 1.69 bits per heavy atom. The predicted octanol–water partition coefficient (Wildman–Crippen LogP) is 3.12. The van der Waals surface area contributed by atoms with Gasteiger partial charge in [-0.15, -0.1) is 0 Å². The first kappa shape index (κ1) is 20.9. The molecule has 0 bridgehead atoms. The summed E-state index contributed by atoms with van der Waals surface area (Å²) in [6.07, 6.45) is 2.72. The molecule has 1 saturated heterocycles. The summed E-state index contributed by atoms with van der Waals surface area (Å²) in [4.78, 5) is 26.3. The number of rotatable bonds is 7. The van der Waals surface area contributed by atoms with E-state index < -0.39 is 11.6 Å². The second-order valence-electron chi connectivity index (χ2n) is 7.28. The minimum atomic E-state index is -0.994. The van der Waals surface area contributed by atoms with Gasteiger partial charge in [0.15, 0.2) is 11.6 Å². The fourth-order valence-electron chi connectivity index (χ4n) is 3.42. The molecular weight excluding hydrogens is 376 g/mol. The van der Waals surface area contributed by atoms with Crippen LogP contribution >= 0.6 is 0 Å². The number of anilines is 1. The van der Waals surface area contributed by atoms with Gasteiger partial charge < -0.3 is 10.6 Å². The standard InChI is InChI=1S/C22H25F2N3O2/c23-19-8-7-18(14-20(19)24)26-22(29)15-27-12-10-17(11-13-27)25-21(28)9-6-16-4-2-1-3-5-16/h1-5,7-8,14,17H,6,9-13,15H2,(H,25,28)(H,26,29). The highest BCUT2D eigenvalue weighted by Gasteiger charge is 2.22. The number of hydrogen-bond acceptors (Lipinski definition) is 3. The third kappa shape index (κ3) is 6.64. The van der Waals surface area contributed by atoms with E-state index in [0.29, 0.717) is 19.5 Å². The molecular formula is C22H25F2N3O2. The number of likely N-dealkylation sites (tertiary alicyclic amines) is 1. The van der Waals surface area contributed by atoms with E-state index in [9.17, 15) is 18.4 Å². The Morgan fingerprint density at radius 1 is 0.966 bits per heavy atom. The third-order valence-electron chi connectivity index (χ3n) is 5.01.